The Kier molecular flexibility index (Phi) is 2.39. The van der Waals surface area contributed by atoms with Crippen LogP contribution in [-0.4, -0.2) is 31.5 Å². The Hall–Kier alpha value is -0.0900. The maximum atomic E-state index is 11.4. The van der Waals surface area contributed by atoms with Crippen molar-refractivity contribution in [2.75, 3.05) is 11.5 Å². The molecule has 0 spiro atoms. The van der Waals surface area contributed by atoms with Crippen molar-refractivity contribution in [1.29, 1.82) is 0 Å². The second-order valence-electron chi connectivity index (χ2n) is 5.17. The van der Waals surface area contributed by atoms with Gasteiger partial charge in [-0.05, 0) is 39.0 Å². The van der Waals surface area contributed by atoms with Gasteiger partial charge in [-0.15, -0.1) is 0 Å². The molecule has 1 heterocycles. The minimum atomic E-state index is -2.77. The smallest absolute Gasteiger partial charge is 0.152 e. The number of hydrogen-bond acceptors (Lipinski definition) is 3. The fourth-order valence-corrected chi connectivity index (χ4v) is 4.49. The standard InChI is InChI=1S/C10H19NO2S/c1-8(9-3-4-9)11-10(2)5-6-14(12,13)7-10/h8-9,11H,3-7H2,1-2H3. The number of nitrogens with one attached hydrogen (secondary N) is 1. The third kappa shape index (κ3) is 2.28. The molecule has 0 amide bonds. The quantitative estimate of drug-likeness (QED) is 0.765. The summed E-state index contributed by atoms with van der Waals surface area (Å²) in [6, 6.07) is 0.480. The van der Waals surface area contributed by atoms with Crippen LogP contribution in [0.4, 0.5) is 0 Å². The molecular formula is C10H19NO2S. The van der Waals surface area contributed by atoms with Crippen LogP contribution >= 0.6 is 0 Å². The van der Waals surface area contributed by atoms with Crippen LogP contribution in [0.1, 0.15) is 33.1 Å². The summed E-state index contributed by atoms with van der Waals surface area (Å²) in [6.07, 6.45) is 3.38. The summed E-state index contributed by atoms with van der Waals surface area (Å²) in [5, 5.41) is 3.49. The maximum Gasteiger partial charge on any atom is 0.152 e. The highest BCUT2D eigenvalue weighted by Gasteiger charge is 2.41. The summed E-state index contributed by atoms with van der Waals surface area (Å²) in [4.78, 5) is 0. The molecule has 1 aliphatic carbocycles. The fraction of sp³-hybridized carbons (Fsp3) is 1.00. The van der Waals surface area contributed by atoms with Crippen molar-refractivity contribution in [3.05, 3.63) is 0 Å². The Morgan fingerprint density at radius 1 is 1.43 bits per heavy atom. The molecule has 2 unspecified atom stereocenters. The van der Waals surface area contributed by atoms with Crippen LogP contribution in [0, 0.1) is 5.92 Å². The van der Waals surface area contributed by atoms with Gasteiger partial charge in [0.1, 0.15) is 0 Å². The van der Waals surface area contributed by atoms with E-state index in [0.717, 1.165) is 12.3 Å². The van der Waals surface area contributed by atoms with Gasteiger partial charge in [-0.3, -0.25) is 0 Å². The molecule has 0 bridgehead atoms. The second-order valence-corrected chi connectivity index (χ2v) is 7.36. The van der Waals surface area contributed by atoms with Gasteiger partial charge >= 0.3 is 0 Å². The van der Waals surface area contributed by atoms with E-state index in [1.807, 2.05) is 6.92 Å². The highest BCUT2D eigenvalue weighted by molar-refractivity contribution is 7.91. The Labute approximate surface area is 86.2 Å². The predicted octanol–water partition coefficient (Wildman–Crippen LogP) is 0.952. The Morgan fingerprint density at radius 3 is 2.50 bits per heavy atom. The molecule has 2 atom stereocenters. The SMILES string of the molecule is CC(NC1(C)CCS(=O)(=O)C1)C1CC1. The predicted molar refractivity (Wildman–Crippen MR) is 57.0 cm³/mol. The third-order valence-electron chi connectivity index (χ3n) is 3.41. The Bertz CT molecular complexity index is 321. The number of hydrogen-bond donors (Lipinski definition) is 1. The molecule has 2 fully saturated rings. The summed E-state index contributed by atoms with van der Waals surface area (Å²) < 4.78 is 22.7. The van der Waals surface area contributed by atoms with E-state index in [9.17, 15) is 8.42 Å². The van der Waals surface area contributed by atoms with Gasteiger partial charge in [-0.25, -0.2) is 8.42 Å². The fourth-order valence-electron chi connectivity index (χ4n) is 2.39. The van der Waals surface area contributed by atoms with Crippen molar-refractivity contribution in [1.82, 2.24) is 5.32 Å². The van der Waals surface area contributed by atoms with E-state index >= 15 is 0 Å². The summed E-state index contributed by atoms with van der Waals surface area (Å²) in [7, 11) is -2.77. The van der Waals surface area contributed by atoms with Crippen molar-refractivity contribution in [3.8, 4) is 0 Å². The van der Waals surface area contributed by atoms with Crippen LogP contribution in [0.2, 0.25) is 0 Å². The minimum Gasteiger partial charge on any atom is -0.308 e. The van der Waals surface area contributed by atoms with Gasteiger partial charge in [0.25, 0.3) is 0 Å². The van der Waals surface area contributed by atoms with Crippen molar-refractivity contribution < 1.29 is 8.42 Å². The van der Waals surface area contributed by atoms with Gasteiger partial charge in [-0.1, -0.05) is 0 Å². The number of rotatable bonds is 3. The first-order chi connectivity index (χ1) is 6.40. The van der Waals surface area contributed by atoms with Gasteiger partial charge in [0, 0.05) is 11.6 Å². The largest absolute Gasteiger partial charge is 0.308 e. The summed E-state index contributed by atoms with van der Waals surface area (Å²) in [5.41, 5.74) is -0.166. The first-order valence-corrected chi connectivity index (χ1v) is 7.21. The van der Waals surface area contributed by atoms with E-state index in [0.29, 0.717) is 17.5 Å². The van der Waals surface area contributed by atoms with Gasteiger partial charge in [0.15, 0.2) is 9.84 Å². The normalized spacial score (nSPS) is 38.4. The van der Waals surface area contributed by atoms with E-state index in [1.54, 1.807) is 0 Å². The summed E-state index contributed by atoms with van der Waals surface area (Å²) >= 11 is 0. The zero-order valence-electron chi connectivity index (χ0n) is 8.91. The van der Waals surface area contributed by atoms with Crippen LogP contribution in [0.15, 0.2) is 0 Å². The molecule has 1 saturated carbocycles. The van der Waals surface area contributed by atoms with Crippen molar-refractivity contribution in [2.24, 2.45) is 5.92 Å². The van der Waals surface area contributed by atoms with Gasteiger partial charge in [-0.2, -0.15) is 0 Å². The van der Waals surface area contributed by atoms with E-state index in [2.05, 4.69) is 12.2 Å². The molecule has 0 aromatic rings. The summed E-state index contributed by atoms with van der Waals surface area (Å²) in [6.45, 7) is 4.21. The molecule has 0 aromatic heterocycles. The molecule has 4 heteroatoms. The second kappa shape index (κ2) is 3.20. The van der Waals surface area contributed by atoms with Gasteiger partial charge < -0.3 is 5.32 Å². The lowest BCUT2D eigenvalue weighted by Gasteiger charge is -2.28. The maximum absolute atomic E-state index is 11.4. The Balaban J connectivity index is 1.96. The molecule has 0 radical (unpaired) electrons. The van der Waals surface area contributed by atoms with Crippen molar-refractivity contribution in [3.63, 3.8) is 0 Å². The van der Waals surface area contributed by atoms with E-state index in [4.69, 9.17) is 0 Å². The zero-order chi connectivity index (χ0) is 10.4. The molecule has 2 rings (SSSR count). The van der Waals surface area contributed by atoms with E-state index in [1.165, 1.54) is 12.8 Å². The Morgan fingerprint density at radius 2 is 2.07 bits per heavy atom. The molecular weight excluding hydrogens is 198 g/mol. The monoisotopic (exact) mass is 217 g/mol. The zero-order valence-corrected chi connectivity index (χ0v) is 9.73. The van der Waals surface area contributed by atoms with Crippen LogP contribution in [0.3, 0.4) is 0 Å². The van der Waals surface area contributed by atoms with Crippen LogP contribution < -0.4 is 5.32 Å². The third-order valence-corrected chi connectivity index (χ3v) is 5.31. The average molecular weight is 217 g/mol. The van der Waals surface area contributed by atoms with Crippen LogP contribution in [0.5, 0.6) is 0 Å². The molecule has 2 aliphatic rings. The van der Waals surface area contributed by atoms with Gasteiger partial charge in [0.05, 0.1) is 11.5 Å². The topological polar surface area (TPSA) is 46.2 Å². The molecule has 14 heavy (non-hydrogen) atoms. The van der Waals surface area contributed by atoms with Crippen LogP contribution in [0.25, 0.3) is 0 Å². The van der Waals surface area contributed by atoms with Crippen molar-refractivity contribution in [2.45, 2.75) is 44.7 Å². The molecule has 1 aliphatic heterocycles. The highest BCUT2D eigenvalue weighted by atomic mass is 32.2. The number of sulfone groups is 1. The average Bonchev–Trinajstić information content (AvgIpc) is 2.79. The molecule has 82 valence electrons. The van der Waals surface area contributed by atoms with Crippen molar-refractivity contribution >= 4 is 9.84 Å². The first-order valence-electron chi connectivity index (χ1n) is 5.38. The van der Waals surface area contributed by atoms with Gasteiger partial charge in [0.2, 0.25) is 0 Å². The van der Waals surface area contributed by atoms with E-state index < -0.39 is 9.84 Å². The minimum absolute atomic E-state index is 0.166. The van der Waals surface area contributed by atoms with E-state index in [-0.39, 0.29) is 5.54 Å². The lowest BCUT2D eigenvalue weighted by atomic mass is 10.00. The molecule has 1 saturated heterocycles. The highest BCUT2D eigenvalue weighted by Crippen LogP contribution is 2.34. The molecule has 3 nitrogen and oxygen atoms in total. The summed E-state index contributed by atoms with van der Waals surface area (Å²) in [5.74, 6) is 1.46. The molecule has 0 aromatic carbocycles. The lowest BCUT2D eigenvalue weighted by Crippen LogP contribution is -2.48. The van der Waals surface area contributed by atoms with Crippen LogP contribution in [-0.2, 0) is 9.84 Å². The first kappa shape index (κ1) is 10.4. The lowest BCUT2D eigenvalue weighted by molar-refractivity contribution is 0.331. The molecule has 1 N–H and O–H groups in total.